The maximum atomic E-state index is 11.6. The highest BCUT2D eigenvalue weighted by Crippen LogP contribution is 2.22. The van der Waals surface area contributed by atoms with Crippen LogP contribution < -0.4 is 5.32 Å². The molecule has 0 aliphatic carbocycles. The zero-order valence-electron chi connectivity index (χ0n) is 13.4. The highest BCUT2D eigenvalue weighted by molar-refractivity contribution is 5.77. The van der Waals surface area contributed by atoms with E-state index >= 15 is 0 Å². The second kappa shape index (κ2) is 6.74. The summed E-state index contributed by atoms with van der Waals surface area (Å²) < 4.78 is 2.25. The molecule has 4 heteroatoms. The smallest absolute Gasteiger partial charge is 0.220 e. The van der Waals surface area contributed by atoms with E-state index in [9.17, 15) is 4.79 Å². The molecule has 0 bridgehead atoms. The van der Waals surface area contributed by atoms with Crippen LogP contribution >= 0.6 is 0 Å². The molecule has 2 rings (SSSR count). The van der Waals surface area contributed by atoms with Gasteiger partial charge in [-0.05, 0) is 31.4 Å². The molecule has 1 aromatic carbocycles. The summed E-state index contributed by atoms with van der Waals surface area (Å²) in [5.41, 5.74) is 2.14. The molecule has 1 amide bonds. The molecule has 1 unspecified atom stereocenters. The second-order valence-corrected chi connectivity index (χ2v) is 5.94. The van der Waals surface area contributed by atoms with E-state index in [4.69, 9.17) is 4.98 Å². The largest absolute Gasteiger partial charge is 0.346 e. The summed E-state index contributed by atoms with van der Waals surface area (Å²) in [5, 5.41) is 3.01. The number of fused-ring (bicyclic) bond motifs is 1. The van der Waals surface area contributed by atoms with Gasteiger partial charge in [0.1, 0.15) is 5.82 Å². The van der Waals surface area contributed by atoms with Gasteiger partial charge in [0.05, 0.1) is 17.1 Å². The number of para-hydroxylation sites is 2. The molecule has 1 N–H and O–H groups in total. The molecule has 0 aliphatic rings. The Morgan fingerprint density at radius 2 is 2.00 bits per heavy atom. The first-order valence-electron chi connectivity index (χ1n) is 7.77. The first kappa shape index (κ1) is 15.5. The van der Waals surface area contributed by atoms with Gasteiger partial charge in [-0.2, -0.15) is 0 Å². The Bertz CT molecular complexity index is 616. The van der Waals surface area contributed by atoms with Crippen molar-refractivity contribution < 1.29 is 4.79 Å². The third kappa shape index (κ3) is 3.63. The summed E-state index contributed by atoms with van der Waals surface area (Å²) in [7, 11) is 0. The number of carbonyl (C=O) groups is 1. The fourth-order valence-electron chi connectivity index (χ4n) is 2.46. The number of hydrogen-bond donors (Lipinski definition) is 1. The first-order valence-corrected chi connectivity index (χ1v) is 7.77. The SMILES string of the molecule is CCC(=O)NC(C)c1nc2ccccc2n1CCC(C)C. The third-order valence-electron chi connectivity index (χ3n) is 3.70. The van der Waals surface area contributed by atoms with Crippen molar-refractivity contribution >= 4 is 16.9 Å². The van der Waals surface area contributed by atoms with Crippen LogP contribution in [0.1, 0.15) is 52.4 Å². The Balaban J connectivity index is 2.36. The van der Waals surface area contributed by atoms with E-state index in [-0.39, 0.29) is 11.9 Å². The van der Waals surface area contributed by atoms with E-state index in [1.807, 2.05) is 32.0 Å². The molecule has 2 aromatic rings. The van der Waals surface area contributed by atoms with Crippen molar-refractivity contribution in [1.29, 1.82) is 0 Å². The zero-order chi connectivity index (χ0) is 15.4. The summed E-state index contributed by atoms with van der Waals surface area (Å²) in [5.74, 6) is 1.64. The average Bonchev–Trinajstić information content (AvgIpc) is 2.83. The number of aromatic nitrogens is 2. The van der Waals surface area contributed by atoms with Gasteiger partial charge in [-0.15, -0.1) is 0 Å². The number of aryl methyl sites for hydroxylation is 1. The van der Waals surface area contributed by atoms with E-state index in [0.717, 1.165) is 29.8 Å². The number of nitrogens with one attached hydrogen (secondary N) is 1. The van der Waals surface area contributed by atoms with Crippen LogP contribution in [0.2, 0.25) is 0 Å². The van der Waals surface area contributed by atoms with Crippen molar-refractivity contribution in [3.63, 3.8) is 0 Å². The highest BCUT2D eigenvalue weighted by atomic mass is 16.1. The second-order valence-electron chi connectivity index (χ2n) is 5.94. The van der Waals surface area contributed by atoms with Crippen LogP contribution in [0.15, 0.2) is 24.3 Å². The Labute approximate surface area is 126 Å². The van der Waals surface area contributed by atoms with Crippen LogP contribution in [0.3, 0.4) is 0 Å². The molecule has 1 heterocycles. The van der Waals surface area contributed by atoms with E-state index in [1.165, 1.54) is 0 Å². The van der Waals surface area contributed by atoms with Crippen LogP contribution in [0.5, 0.6) is 0 Å². The molecule has 0 saturated carbocycles. The molecule has 0 spiro atoms. The van der Waals surface area contributed by atoms with E-state index < -0.39 is 0 Å². The van der Waals surface area contributed by atoms with Crippen LogP contribution in [0.4, 0.5) is 0 Å². The van der Waals surface area contributed by atoms with Crippen molar-refractivity contribution in [3.05, 3.63) is 30.1 Å². The van der Waals surface area contributed by atoms with Gasteiger partial charge < -0.3 is 9.88 Å². The van der Waals surface area contributed by atoms with Gasteiger partial charge in [0, 0.05) is 13.0 Å². The number of benzene rings is 1. The minimum atomic E-state index is -0.0722. The number of amides is 1. The monoisotopic (exact) mass is 287 g/mol. The molecule has 1 aromatic heterocycles. The number of hydrogen-bond acceptors (Lipinski definition) is 2. The molecular formula is C17H25N3O. The average molecular weight is 287 g/mol. The van der Waals surface area contributed by atoms with Crippen LogP contribution in [-0.4, -0.2) is 15.5 Å². The summed E-state index contributed by atoms with van der Waals surface area (Å²) in [6.07, 6.45) is 1.60. The maximum absolute atomic E-state index is 11.6. The molecule has 0 saturated heterocycles. The molecular weight excluding hydrogens is 262 g/mol. The molecule has 21 heavy (non-hydrogen) atoms. The van der Waals surface area contributed by atoms with Crippen LogP contribution in [0, 0.1) is 5.92 Å². The summed E-state index contributed by atoms with van der Waals surface area (Å²) >= 11 is 0. The predicted molar refractivity (Wildman–Crippen MR) is 86.0 cm³/mol. The summed E-state index contributed by atoms with van der Waals surface area (Å²) in [4.78, 5) is 16.4. The van der Waals surface area contributed by atoms with Gasteiger partial charge in [0.25, 0.3) is 0 Å². The van der Waals surface area contributed by atoms with Crippen molar-refractivity contribution in [3.8, 4) is 0 Å². The molecule has 1 atom stereocenters. The van der Waals surface area contributed by atoms with Gasteiger partial charge in [-0.1, -0.05) is 32.9 Å². The standard InChI is InChI=1S/C17H25N3O/c1-5-16(21)18-13(4)17-19-14-8-6-7-9-15(14)20(17)11-10-12(2)3/h6-9,12-13H,5,10-11H2,1-4H3,(H,18,21). The number of rotatable bonds is 6. The summed E-state index contributed by atoms with van der Waals surface area (Å²) in [6, 6.07) is 8.09. The van der Waals surface area contributed by atoms with Crippen molar-refractivity contribution in [2.45, 2.75) is 53.1 Å². The normalized spacial score (nSPS) is 12.8. The van der Waals surface area contributed by atoms with Crippen molar-refractivity contribution in [1.82, 2.24) is 14.9 Å². The van der Waals surface area contributed by atoms with Gasteiger partial charge in [-0.3, -0.25) is 4.79 Å². The third-order valence-corrected chi connectivity index (χ3v) is 3.70. The van der Waals surface area contributed by atoms with Crippen molar-refractivity contribution in [2.75, 3.05) is 0 Å². The van der Waals surface area contributed by atoms with E-state index in [2.05, 4.69) is 29.8 Å². The lowest BCUT2D eigenvalue weighted by atomic mass is 10.1. The van der Waals surface area contributed by atoms with Crippen LogP contribution in [0.25, 0.3) is 11.0 Å². The lowest BCUT2D eigenvalue weighted by molar-refractivity contribution is -0.121. The van der Waals surface area contributed by atoms with Gasteiger partial charge in [-0.25, -0.2) is 4.98 Å². The fourth-order valence-corrected chi connectivity index (χ4v) is 2.46. The lowest BCUT2D eigenvalue weighted by Crippen LogP contribution is -2.28. The highest BCUT2D eigenvalue weighted by Gasteiger charge is 2.17. The molecule has 0 aliphatic heterocycles. The topological polar surface area (TPSA) is 46.9 Å². The molecule has 114 valence electrons. The lowest BCUT2D eigenvalue weighted by Gasteiger charge is -2.16. The predicted octanol–water partition coefficient (Wildman–Crippen LogP) is 3.67. The Morgan fingerprint density at radius 3 is 2.67 bits per heavy atom. The minimum Gasteiger partial charge on any atom is -0.346 e. The van der Waals surface area contributed by atoms with E-state index in [0.29, 0.717) is 12.3 Å². The van der Waals surface area contributed by atoms with Gasteiger partial charge >= 0.3 is 0 Å². The number of carbonyl (C=O) groups excluding carboxylic acids is 1. The van der Waals surface area contributed by atoms with Gasteiger partial charge in [0.15, 0.2) is 0 Å². The minimum absolute atomic E-state index is 0.0602. The van der Waals surface area contributed by atoms with Crippen LogP contribution in [-0.2, 0) is 11.3 Å². The maximum Gasteiger partial charge on any atom is 0.220 e. The molecule has 0 radical (unpaired) electrons. The summed E-state index contributed by atoms with van der Waals surface area (Å²) in [6.45, 7) is 9.24. The van der Waals surface area contributed by atoms with Gasteiger partial charge in [0.2, 0.25) is 5.91 Å². The van der Waals surface area contributed by atoms with Crippen molar-refractivity contribution in [2.24, 2.45) is 5.92 Å². The number of imidazole rings is 1. The van der Waals surface area contributed by atoms with E-state index in [1.54, 1.807) is 0 Å². The number of nitrogens with zero attached hydrogens (tertiary/aromatic N) is 2. The molecule has 0 fully saturated rings. The zero-order valence-corrected chi connectivity index (χ0v) is 13.4. The Morgan fingerprint density at radius 1 is 1.29 bits per heavy atom. The Kier molecular flexibility index (Phi) is 4.99. The molecule has 4 nitrogen and oxygen atoms in total. The Hall–Kier alpha value is -1.84. The fraction of sp³-hybridized carbons (Fsp3) is 0.529. The first-order chi connectivity index (χ1) is 10.0. The quantitative estimate of drug-likeness (QED) is 0.881.